The molecule has 0 unspecified atom stereocenters. The summed E-state index contributed by atoms with van der Waals surface area (Å²) >= 11 is 0. The minimum Gasteiger partial charge on any atom is -0.464 e. The highest BCUT2D eigenvalue weighted by Crippen LogP contribution is 2.49. The van der Waals surface area contributed by atoms with E-state index in [2.05, 4.69) is 158 Å². The van der Waals surface area contributed by atoms with Crippen molar-refractivity contribution in [3.63, 3.8) is 0 Å². The van der Waals surface area contributed by atoms with E-state index < -0.39 is 0 Å². The number of rotatable bonds is 3. The first-order chi connectivity index (χ1) is 24.8. The quantitative estimate of drug-likeness (QED) is 0.142. The second-order valence-electron chi connectivity index (χ2n) is 13.2. The monoisotopic (exact) mass is 636 g/mol. The largest absolute Gasteiger partial charge is 0.464 e. The van der Waals surface area contributed by atoms with Crippen LogP contribution in [0.3, 0.4) is 0 Å². The Morgan fingerprint density at radius 2 is 0.900 bits per heavy atom. The molecule has 0 N–H and O–H groups in total. The van der Waals surface area contributed by atoms with Crippen molar-refractivity contribution >= 4 is 76.0 Å². The zero-order valence-electron chi connectivity index (χ0n) is 27.0. The molecule has 0 spiro atoms. The first kappa shape index (κ1) is 27.3. The van der Waals surface area contributed by atoms with Gasteiger partial charge >= 0.3 is 0 Å². The van der Waals surface area contributed by atoms with Gasteiger partial charge in [0.1, 0.15) is 16.7 Å². The summed E-state index contributed by atoms with van der Waals surface area (Å²) in [5.41, 5.74) is 9.63. The second-order valence-corrected chi connectivity index (χ2v) is 13.2. The number of hydrogen-bond donors (Lipinski definition) is 0. The zero-order chi connectivity index (χ0) is 32.8. The molecule has 0 aliphatic carbocycles. The molecule has 0 amide bonds. The highest BCUT2D eigenvalue weighted by molar-refractivity contribution is 6.28. The van der Waals surface area contributed by atoms with Gasteiger partial charge in [0.25, 0.3) is 0 Å². The molecule has 0 aliphatic rings. The molecule has 2 aromatic heterocycles. The first-order valence-electron chi connectivity index (χ1n) is 17.1. The van der Waals surface area contributed by atoms with Gasteiger partial charge in [-0.1, -0.05) is 140 Å². The fourth-order valence-electron chi connectivity index (χ4n) is 8.37. The van der Waals surface area contributed by atoms with E-state index in [9.17, 15) is 0 Å². The number of furan rings is 2. The van der Waals surface area contributed by atoms with E-state index in [1.807, 2.05) is 12.3 Å². The van der Waals surface area contributed by atoms with E-state index >= 15 is 0 Å². The lowest BCUT2D eigenvalue weighted by Gasteiger charge is -2.20. The van der Waals surface area contributed by atoms with Crippen LogP contribution in [0.5, 0.6) is 0 Å². The maximum Gasteiger partial charge on any atom is 0.136 e. The van der Waals surface area contributed by atoms with Gasteiger partial charge in [0, 0.05) is 21.7 Å². The SMILES string of the molecule is c1ccc(-c2coc3cc4c(cc23)oc2cccc(-c3c5ccccc5c(-c5cc6ccccc6c6ccccc56)c5ccccc35)c24)cc1. The Balaban J connectivity index is 1.24. The van der Waals surface area contributed by atoms with E-state index in [0.29, 0.717) is 0 Å². The van der Waals surface area contributed by atoms with E-state index in [4.69, 9.17) is 8.83 Å². The van der Waals surface area contributed by atoms with Gasteiger partial charge in [0.15, 0.2) is 0 Å². The maximum atomic E-state index is 6.65. The van der Waals surface area contributed by atoms with Crippen LogP contribution in [0, 0.1) is 0 Å². The van der Waals surface area contributed by atoms with Gasteiger partial charge in [0.05, 0.1) is 6.26 Å². The Kier molecular flexibility index (Phi) is 5.70. The summed E-state index contributed by atoms with van der Waals surface area (Å²) in [6.45, 7) is 0. The van der Waals surface area contributed by atoms with Crippen LogP contribution in [0.25, 0.3) is 109 Å². The van der Waals surface area contributed by atoms with Gasteiger partial charge in [-0.05, 0) is 95.2 Å². The van der Waals surface area contributed by atoms with Gasteiger partial charge < -0.3 is 8.83 Å². The smallest absolute Gasteiger partial charge is 0.136 e. The van der Waals surface area contributed by atoms with Crippen LogP contribution in [0.4, 0.5) is 0 Å². The Hall–Kier alpha value is -6.64. The number of fused-ring (bicyclic) bond motifs is 9. The Bertz CT molecular complexity index is 3080. The predicted octanol–water partition coefficient (Wildman–Crippen LogP) is 13.9. The summed E-state index contributed by atoms with van der Waals surface area (Å²) in [5.74, 6) is 0. The molecule has 0 fully saturated rings. The van der Waals surface area contributed by atoms with E-state index in [0.717, 1.165) is 49.6 Å². The summed E-state index contributed by atoms with van der Waals surface area (Å²) in [5, 5.41) is 13.1. The minimum absolute atomic E-state index is 0.849. The normalized spacial score (nSPS) is 12.0. The van der Waals surface area contributed by atoms with Crippen LogP contribution in [0.2, 0.25) is 0 Å². The third kappa shape index (κ3) is 3.85. The average Bonchev–Trinajstić information content (AvgIpc) is 3.77. The molecule has 9 aromatic carbocycles. The molecule has 2 nitrogen and oxygen atoms in total. The molecular formula is C48H28O2. The molecule has 0 radical (unpaired) electrons. The summed E-state index contributed by atoms with van der Waals surface area (Å²) in [6.07, 6.45) is 1.86. The second kappa shape index (κ2) is 10.4. The average molecular weight is 637 g/mol. The van der Waals surface area contributed by atoms with E-state index in [1.165, 1.54) is 59.8 Å². The third-order valence-electron chi connectivity index (χ3n) is 10.5. The zero-order valence-corrected chi connectivity index (χ0v) is 27.0. The molecule has 11 rings (SSSR count). The molecule has 0 bridgehead atoms. The Morgan fingerprint density at radius 3 is 1.62 bits per heavy atom. The van der Waals surface area contributed by atoms with E-state index in [1.54, 1.807) is 0 Å². The molecule has 0 saturated heterocycles. The summed E-state index contributed by atoms with van der Waals surface area (Å²) in [4.78, 5) is 0. The van der Waals surface area contributed by atoms with Crippen molar-refractivity contribution in [3.05, 3.63) is 170 Å². The van der Waals surface area contributed by atoms with Crippen LogP contribution in [-0.4, -0.2) is 0 Å². The van der Waals surface area contributed by atoms with Crippen molar-refractivity contribution in [1.29, 1.82) is 0 Å². The highest BCUT2D eigenvalue weighted by atomic mass is 16.3. The van der Waals surface area contributed by atoms with Gasteiger partial charge in [-0.25, -0.2) is 0 Å². The maximum absolute atomic E-state index is 6.65. The van der Waals surface area contributed by atoms with Crippen molar-refractivity contribution in [2.24, 2.45) is 0 Å². The van der Waals surface area contributed by atoms with Crippen LogP contribution in [0.1, 0.15) is 0 Å². The molecule has 232 valence electrons. The van der Waals surface area contributed by atoms with Crippen molar-refractivity contribution in [3.8, 4) is 33.4 Å². The first-order valence-corrected chi connectivity index (χ1v) is 17.1. The molecule has 0 saturated carbocycles. The van der Waals surface area contributed by atoms with Gasteiger partial charge in [0.2, 0.25) is 0 Å². The number of hydrogen-bond acceptors (Lipinski definition) is 2. The molecule has 0 aliphatic heterocycles. The lowest BCUT2D eigenvalue weighted by atomic mass is 9.83. The molecule has 2 heterocycles. The summed E-state index contributed by atoms with van der Waals surface area (Å²) in [7, 11) is 0. The van der Waals surface area contributed by atoms with Crippen LogP contribution in [0.15, 0.2) is 179 Å². The Morgan fingerprint density at radius 1 is 0.320 bits per heavy atom. The molecular weight excluding hydrogens is 609 g/mol. The fraction of sp³-hybridized carbons (Fsp3) is 0. The lowest BCUT2D eigenvalue weighted by molar-refractivity contribution is 0.617. The molecule has 11 aromatic rings. The number of benzene rings is 9. The van der Waals surface area contributed by atoms with Crippen LogP contribution >= 0.6 is 0 Å². The fourth-order valence-corrected chi connectivity index (χ4v) is 8.37. The molecule has 50 heavy (non-hydrogen) atoms. The third-order valence-corrected chi connectivity index (χ3v) is 10.5. The Labute approximate surface area is 287 Å². The predicted molar refractivity (Wildman–Crippen MR) is 210 cm³/mol. The van der Waals surface area contributed by atoms with E-state index in [-0.39, 0.29) is 0 Å². The van der Waals surface area contributed by atoms with Crippen molar-refractivity contribution in [2.45, 2.75) is 0 Å². The summed E-state index contributed by atoms with van der Waals surface area (Å²) < 4.78 is 12.9. The standard InChI is InChI=1S/C48H28O2/c1-2-13-29(14-3-1)42-28-49-44-27-41-45(26-39(42)44)50-43-24-12-23-38(48(41)43)46-34-19-8-10-21-36(34)47(37-22-11-9-20-35(37)46)40-25-30-15-4-5-16-31(30)32-17-6-7-18-33(32)40/h1-28H. The highest BCUT2D eigenvalue weighted by Gasteiger charge is 2.22. The van der Waals surface area contributed by atoms with Gasteiger partial charge in [-0.3, -0.25) is 0 Å². The van der Waals surface area contributed by atoms with Crippen molar-refractivity contribution < 1.29 is 8.83 Å². The van der Waals surface area contributed by atoms with Gasteiger partial charge in [-0.2, -0.15) is 0 Å². The van der Waals surface area contributed by atoms with Crippen LogP contribution in [-0.2, 0) is 0 Å². The van der Waals surface area contributed by atoms with Gasteiger partial charge in [-0.15, -0.1) is 0 Å². The van der Waals surface area contributed by atoms with Crippen molar-refractivity contribution in [1.82, 2.24) is 0 Å². The van der Waals surface area contributed by atoms with Crippen molar-refractivity contribution in [2.75, 3.05) is 0 Å². The topological polar surface area (TPSA) is 26.3 Å². The molecule has 2 heteroatoms. The molecule has 0 atom stereocenters. The summed E-state index contributed by atoms with van der Waals surface area (Å²) in [6, 6.07) is 58.9. The minimum atomic E-state index is 0.849. The lowest BCUT2D eigenvalue weighted by Crippen LogP contribution is -1.92. The van der Waals surface area contributed by atoms with Crippen LogP contribution < -0.4 is 0 Å².